The lowest BCUT2D eigenvalue weighted by Crippen LogP contribution is -2.42. The lowest BCUT2D eigenvalue weighted by atomic mass is 9.98. The van der Waals surface area contributed by atoms with Gasteiger partial charge in [-0.25, -0.2) is 9.97 Å². The fourth-order valence-corrected chi connectivity index (χ4v) is 3.98. The van der Waals surface area contributed by atoms with E-state index in [-0.39, 0.29) is 18.0 Å². The highest BCUT2D eigenvalue weighted by Crippen LogP contribution is 2.43. The van der Waals surface area contributed by atoms with Gasteiger partial charge in [-0.2, -0.15) is 0 Å². The molecule has 2 atom stereocenters. The lowest BCUT2D eigenvalue weighted by Gasteiger charge is -2.35. The van der Waals surface area contributed by atoms with Crippen molar-refractivity contribution < 1.29 is 4.79 Å². The van der Waals surface area contributed by atoms with E-state index in [0.717, 1.165) is 41.6 Å². The predicted molar refractivity (Wildman–Crippen MR) is 87.2 cm³/mol. The zero-order valence-corrected chi connectivity index (χ0v) is 13.0. The summed E-state index contributed by atoms with van der Waals surface area (Å²) in [4.78, 5) is 32.3. The summed E-state index contributed by atoms with van der Waals surface area (Å²) >= 11 is 0. The smallest absolute Gasteiger partial charge is 0.254 e. The molecule has 0 saturated carbocycles. The summed E-state index contributed by atoms with van der Waals surface area (Å²) in [6, 6.07) is 5.85. The van der Waals surface area contributed by atoms with E-state index in [2.05, 4.69) is 19.9 Å². The Morgan fingerprint density at radius 3 is 2.88 bits per heavy atom. The molecule has 118 valence electrons. The molecule has 4 heterocycles. The van der Waals surface area contributed by atoms with Gasteiger partial charge in [-0.05, 0) is 31.0 Å². The highest BCUT2D eigenvalue weighted by Gasteiger charge is 2.43. The Bertz CT molecular complexity index is 957. The van der Waals surface area contributed by atoms with Crippen LogP contribution in [0.2, 0.25) is 0 Å². The maximum absolute atomic E-state index is 13.2. The summed E-state index contributed by atoms with van der Waals surface area (Å²) in [5.74, 6) is 0.0598. The molecule has 5 rings (SSSR count). The first-order valence-electron chi connectivity index (χ1n) is 8.13. The molecule has 1 aromatic carbocycles. The normalized spacial score (nSPS) is 21.8. The zero-order valence-electron chi connectivity index (χ0n) is 13.0. The van der Waals surface area contributed by atoms with Crippen molar-refractivity contribution >= 4 is 16.9 Å². The Labute approximate surface area is 138 Å². The number of carbonyl (C=O) groups excluding carboxylic acids is 1. The van der Waals surface area contributed by atoms with E-state index in [1.54, 1.807) is 18.7 Å². The Morgan fingerprint density at radius 1 is 1.08 bits per heavy atom. The van der Waals surface area contributed by atoms with Gasteiger partial charge < -0.3 is 4.90 Å². The number of hydrogen-bond acceptors (Lipinski definition) is 5. The van der Waals surface area contributed by atoms with Gasteiger partial charge in [0.05, 0.1) is 22.8 Å². The van der Waals surface area contributed by atoms with Gasteiger partial charge in [0.1, 0.15) is 6.33 Å². The highest BCUT2D eigenvalue weighted by molar-refractivity contribution is 5.98. The molecule has 2 aliphatic heterocycles. The summed E-state index contributed by atoms with van der Waals surface area (Å²) in [5, 5.41) is 0. The molecule has 6 heteroatoms. The van der Waals surface area contributed by atoms with E-state index >= 15 is 0 Å². The van der Waals surface area contributed by atoms with Crippen LogP contribution in [0.4, 0.5) is 0 Å². The maximum atomic E-state index is 13.2. The predicted octanol–water partition coefficient (Wildman–Crippen LogP) is 2.32. The number of nitrogens with zero attached hydrogens (tertiary/aromatic N) is 5. The van der Waals surface area contributed by atoms with E-state index in [0.29, 0.717) is 5.56 Å². The van der Waals surface area contributed by atoms with E-state index in [1.807, 2.05) is 29.3 Å². The topological polar surface area (TPSA) is 71.9 Å². The van der Waals surface area contributed by atoms with Crippen molar-refractivity contribution in [3.8, 4) is 0 Å². The molecule has 0 spiro atoms. The van der Waals surface area contributed by atoms with Crippen molar-refractivity contribution in [1.29, 1.82) is 0 Å². The van der Waals surface area contributed by atoms with Crippen molar-refractivity contribution in [2.75, 3.05) is 0 Å². The number of rotatable bonds is 1. The van der Waals surface area contributed by atoms with Crippen LogP contribution in [-0.4, -0.2) is 36.8 Å². The molecule has 2 bridgehead atoms. The molecular formula is C18H15N5O. The Hall–Kier alpha value is -2.89. The van der Waals surface area contributed by atoms with Crippen LogP contribution in [0.5, 0.6) is 0 Å². The molecule has 1 amide bonds. The quantitative estimate of drug-likeness (QED) is 0.689. The number of carbonyl (C=O) groups is 1. The molecule has 6 nitrogen and oxygen atoms in total. The number of hydrogen-bond donors (Lipinski definition) is 0. The Balaban J connectivity index is 1.55. The van der Waals surface area contributed by atoms with Gasteiger partial charge in [-0.1, -0.05) is 0 Å². The number of aromatic nitrogens is 4. The van der Waals surface area contributed by atoms with Crippen LogP contribution in [0.25, 0.3) is 11.0 Å². The summed E-state index contributed by atoms with van der Waals surface area (Å²) in [6.07, 6.45) is 9.57. The molecule has 1 saturated heterocycles. The van der Waals surface area contributed by atoms with Crippen LogP contribution in [0.15, 0.2) is 43.1 Å². The standard InChI is InChI=1S/C18H15N5O/c24-18(11-1-3-14-16(7-11)21-6-5-20-14)23-12-2-4-17(23)13-9-19-10-22-15(13)8-12/h1,3,5-7,9-10,12,17H,2,4,8H2/t12-,17-/m0/s1. The van der Waals surface area contributed by atoms with E-state index in [1.165, 1.54) is 0 Å². The first-order valence-corrected chi connectivity index (χ1v) is 8.13. The average molecular weight is 317 g/mol. The van der Waals surface area contributed by atoms with Crippen LogP contribution in [0.3, 0.4) is 0 Å². The third-order valence-corrected chi connectivity index (χ3v) is 5.07. The van der Waals surface area contributed by atoms with Gasteiger partial charge in [-0.15, -0.1) is 0 Å². The van der Waals surface area contributed by atoms with Gasteiger partial charge in [0.15, 0.2) is 0 Å². The van der Waals surface area contributed by atoms with E-state index in [4.69, 9.17) is 0 Å². The lowest BCUT2D eigenvalue weighted by molar-refractivity contribution is 0.0644. The molecule has 0 radical (unpaired) electrons. The minimum Gasteiger partial charge on any atom is -0.328 e. The van der Waals surface area contributed by atoms with Crippen LogP contribution in [0.1, 0.15) is 40.5 Å². The Kier molecular flexibility index (Phi) is 2.85. The molecule has 3 aromatic rings. The maximum Gasteiger partial charge on any atom is 0.254 e. The minimum atomic E-state index is 0.0598. The molecule has 1 fully saturated rings. The second-order valence-corrected chi connectivity index (χ2v) is 6.35. The van der Waals surface area contributed by atoms with Crippen LogP contribution in [0, 0.1) is 0 Å². The summed E-state index contributed by atoms with van der Waals surface area (Å²) in [5.41, 5.74) is 4.40. The summed E-state index contributed by atoms with van der Waals surface area (Å²) < 4.78 is 0. The van der Waals surface area contributed by atoms with Crippen molar-refractivity contribution in [3.63, 3.8) is 0 Å². The van der Waals surface area contributed by atoms with Crippen LogP contribution in [-0.2, 0) is 6.42 Å². The van der Waals surface area contributed by atoms with Crippen molar-refractivity contribution in [1.82, 2.24) is 24.8 Å². The number of amides is 1. The second-order valence-electron chi connectivity index (χ2n) is 6.35. The highest BCUT2D eigenvalue weighted by atomic mass is 16.2. The van der Waals surface area contributed by atoms with Gasteiger partial charge >= 0.3 is 0 Å². The molecular weight excluding hydrogens is 302 g/mol. The van der Waals surface area contributed by atoms with Crippen LogP contribution < -0.4 is 0 Å². The average Bonchev–Trinajstić information content (AvgIpc) is 2.95. The fourth-order valence-electron chi connectivity index (χ4n) is 3.98. The van der Waals surface area contributed by atoms with E-state index < -0.39 is 0 Å². The first kappa shape index (κ1) is 13.5. The van der Waals surface area contributed by atoms with Gasteiger partial charge in [0.2, 0.25) is 0 Å². The van der Waals surface area contributed by atoms with Crippen LogP contribution >= 0.6 is 0 Å². The fraction of sp³-hybridized carbons (Fsp3) is 0.278. The summed E-state index contributed by atoms with van der Waals surface area (Å²) in [6.45, 7) is 0. The number of benzene rings is 1. The minimum absolute atomic E-state index is 0.0598. The largest absolute Gasteiger partial charge is 0.328 e. The monoisotopic (exact) mass is 317 g/mol. The number of fused-ring (bicyclic) bond motifs is 5. The molecule has 2 aliphatic rings. The van der Waals surface area contributed by atoms with Gasteiger partial charge in [0.25, 0.3) is 5.91 Å². The SMILES string of the molecule is O=C(c1ccc2nccnc2c1)N1[C@H]2CC[C@H]1c1cncnc1C2. The molecule has 0 N–H and O–H groups in total. The molecule has 24 heavy (non-hydrogen) atoms. The van der Waals surface area contributed by atoms with E-state index in [9.17, 15) is 4.79 Å². The van der Waals surface area contributed by atoms with Crippen molar-refractivity contribution in [2.45, 2.75) is 31.3 Å². The molecule has 2 aromatic heterocycles. The third-order valence-electron chi connectivity index (χ3n) is 5.07. The van der Waals surface area contributed by atoms with Crippen molar-refractivity contribution in [3.05, 3.63) is 59.9 Å². The molecule has 0 unspecified atom stereocenters. The van der Waals surface area contributed by atoms with Gasteiger partial charge in [0, 0.05) is 42.2 Å². The third kappa shape index (κ3) is 1.92. The van der Waals surface area contributed by atoms with Crippen molar-refractivity contribution in [2.24, 2.45) is 0 Å². The summed E-state index contributed by atoms with van der Waals surface area (Å²) in [7, 11) is 0. The van der Waals surface area contributed by atoms with Gasteiger partial charge in [-0.3, -0.25) is 14.8 Å². The molecule has 0 aliphatic carbocycles. The second kappa shape index (κ2) is 5.06. The zero-order chi connectivity index (χ0) is 16.1. The Morgan fingerprint density at radius 2 is 1.96 bits per heavy atom. The first-order chi connectivity index (χ1) is 11.8.